The van der Waals surface area contributed by atoms with Crippen molar-refractivity contribution in [2.45, 2.75) is 32.4 Å². The second-order valence-corrected chi connectivity index (χ2v) is 3.99. The highest BCUT2D eigenvalue weighted by molar-refractivity contribution is 7.80. The second kappa shape index (κ2) is 8.41. The molecule has 2 unspecified atom stereocenters. The molecule has 0 aromatic heterocycles. The molecule has 0 fully saturated rings. The maximum absolute atomic E-state index is 11.7. The quantitative estimate of drug-likeness (QED) is 0.554. The highest BCUT2D eigenvalue weighted by Gasteiger charge is 2.18. The third-order valence-corrected chi connectivity index (χ3v) is 2.39. The average molecular weight is 248 g/mol. The van der Waals surface area contributed by atoms with Crippen molar-refractivity contribution in [2.24, 2.45) is 0 Å². The third kappa shape index (κ3) is 6.68. The van der Waals surface area contributed by atoms with E-state index in [2.05, 4.69) is 23.3 Å². The molecule has 0 heterocycles. The second-order valence-electron chi connectivity index (χ2n) is 3.63. The zero-order chi connectivity index (χ0) is 12.6. The lowest BCUT2D eigenvalue weighted by Gasteiger charge is -2.19. The number of hydrogen-bond donors (Lipinski definition) is 3. The van der Waals surface area contributed by atoms with E-state index in [0.29, 0.717) is 6.61 Å². The summed E-state index contributed by atoms with van der Waals surface area (Å²) < 4.78 is 4.91. The van der Waals surface area contributed by atoms with Crippen LogP contribution in [0.5, 0.6) is 0 Å². The van der Waals surface area contributed by atoms with Crippen LogP contribution in [0.2, 0.25) is 0 Å². The van der Waals surface area contributed by atoms with Gasteiger partial charge in [0.25, 0.3) is 0 Å². The molecule has 0 aliphatic rings. The SMILES string of the molecule is COCCC(C)NC(=O)C(CS)NC(C)=O. The molecule has 0 saturated carbocycles. The van der Waals surface area contributed by atoms with Gasteiger partial charge in [-0.1, -0.05) is 0 Å². The summed E-state index contributed by atoms with van der Waals surface area (Å²) in [4.78, 5) is 22.5. The van der Waals surface area contributed by atoms with Gasteiger partial charge in [0, 0.05) is 32.4 Å². The fourth-order valence-electron chi connectivity index (χ4n) is 1.15. The van der Waals surface area contributed by atoms with E-state index in [9.17, 15) is 9.59 Å². The lowest BCUT2D eigenvalue weighted by atomic mass is 10.2. The summed E-state index contributed by atoms with van der Waals surface area (Å²) in [6, 6.07) is -0.561. The number of amides is 2. The van der Waals surface area contributed by atoms with Crippen LogP contribution in [0.4, 0.5) is 0 Å². The normalized spacial score (nSPS) is 14.0. The minimum absolute atomic E-state index is 0.0172. The molecule has 6 heteroatoms. The summed E-state index contributed by atoms with van der Waals surface area (Å²) in [5.74, 6) is -0.171. The zero-order valence-electron chi connectivity index (χ0n) is 9.95. The number of hydrogen-bond acceptors (Lipinski definition) is 4. The molecule has 0 bridgehead atoms. The molecule has 94 valence electrons. The molecule has 0 aromatic carbocycles. The maximum Gasteiger partial charge on any atom is 0.243 e. The van der Waals surface area contributed by atoms with Crippen molar-refractivity contribution in [3.05, 3.63) is 0 Å². The van der Waals surface area contributed by atoms with Gasteiger partial charge >= 0.3 is 0 Å². The Bertz CT molecular complexity index is 236. The molecule has 5 nitrogen and oxygen atoms in total. The van der Waals surface area contributed by atoms with Crippen LogP contribution in [0.25, 0.3) is 0 Å². The van der Waals surface area contributed by atoms with E-state index < -0.39 is 6.04 Å². The number of nitrogens with one attached hydrogen (secondary N) is 2. The van der Waals surface area contributed by atoms with Gasteiger partial charge in [0.1, 0.15) is 6.04 Å². The van der Waals surface area contributed by atoms with E-state index in [4.69, 9.17) is 4.74 Å². The van der Waals surface area contributed by atoms with E-state index in [1.807, 2.05) is 6.92 Å². The van der Waals surface area contributed by atoms with Gasteiger partial charge in [-0.15, -0.1) is 0 Å². The fourth-order valence-corrected chi connectivity index (χ4v) is 1.41. The summed E-state index contributed by atoms with van der Waals surface area (Å²) in [5, 5.41) is 5.32. The van der Waals surface area contributed by atoms with Gasteiger partial charge in [0.15, 0.2) is 0 Å². The maximum atomic E-state index is 11.7. The summed E-state index contributed by atoms with van der Waals surface area (Å²) in [6.45, 7) is 3.85. The molecular weight excluding hydrogens is 228 g/mol. The first-order chi connectivity index (χ1) is 7.51. The lowest BCUT2D eigenvalue weighted by Crippen LogP contribution is -2.49. The molecule has 0 radical (unpaired) electrons. The van der Waals surface area contributed by atoms with Crippen molar-refractivity contribution in [1.82, 2.24) is 10.6 Å². The molecule has 2 N–H and O–H groups in total. The van der Waals surface area contributed by atoms with Crippen LogP contribution >= 0.6 is 12.6 Å². The van der Waals surface area contributed by atoms with Crippen molar-refractivity contribution in [2.75, 3.05) is 19.5 Å². The van der Waals surface area contributed by atoms with Crippen LogP contribution in [-0.2, 0) is 14.3 Å². The van der Waals surface area contributed by atoms with Crippen molar-refractivity contribution in [3.63, 3.8) is 0 Å². The Morgan fingerprint density at radius 2 is 2.00 bits per heavy atom. The van der Waals surface area contributed by atoms with Gasteiger partial charge in [0.05, 0.1) is 0 Å². The van der Waals surface area contributed by atoms with E-state index >= 15 is 0 Å². The van der Waals surface area contributed by atoms with Gasteiger partial charge in [-0.05, 0) is 13.3 Å². The molecular formula is C10H20N2O3S. The average Bonchev–Trinajstić information content (AvgIpc) is 2.22. The van der Waals surface area contributed by atoms with Crippen LogP contribution < -0.4 is 10.6 Å². The molecule has 0 aliphatic carbocycles. The van der Waals surface area contributed by atoms with Crippen LogP contribution in [0.15, 0.2) is 0 Å². The molecule has 0 spiro atoms. The topological polar surface area (TPSA) is 67.4 Å². The molecule has 0 rings (SSSR count). The monoisotopic (exact) mass is 248 g/mol. The molecule has 0 aliphatic heterocycles. The highest BCUT2D eigenvalue weighted by Crippen LogP contribution is 1.94. The Kier molecular flexibility index (Phi) is 8.01. The smallest absolute Gasteiger partial charge is 0.243 e. The summed E-state index contributed by atoms with van der Waals surface area (Å²) >= 11 is 4.02. The van der Waals surface area contributed by atoms with Crippen molar-refractivity contribution >= 4 is 24.4 Å². The Hall–Kier alpha value is -0.750. The molecule has 0 aromatic rings. The largest absolute Gasteiger partial charge is 0.385 e. The van der Waals surface area contributed by atoms with Gasteiger partial charge in [-0.3, -0.25) is 9.59 Å². The summed E-state index contributed by atoms with van der Waals surface area (Å²) in [6.07, 6.45) is 0.738. The van der Waals surface area contributed by atoms with Crippen LogP contribution in [0.3, 0.4) is 0 Å². The minimum Gasteiger partial charge on any atom is -0.385 e. The highest BCUT2D eigenvalue weighted by atomic mass is 32.1. The first-order valence-corrected chi connectivity index (χ1v) is 5.81. The number of rotatable bonds is 7. The summed E-state index contributed by atoms with van der Waals surface area (Å²) in [5.41, 5.74) is 0. The molecule has 2 amide bonds. The number of thiol groups is 1. The summed E-state index contributed by atoms with van der Waals surface area (Å²) in [7, 11) is 1.61. The number of methoxy groups -OCH3 is 1. The van der Waals surface area contributed by atoms with E-state index in [-0.39, 0.29) is 23.6 Å². The van der Waals surface area contributed by atoms with Crippen LogP contribution in [0, 0.1) is 0 Å². The van der Waals surface area contributed by atoms with Gasteiger partial charge in [-0.2, -0.15) is 12.6 Å². The van der Waals surface area contributed by atoms with Crippen molar-refractivity contribution in [1.29, 1.82) is 0 Å². The third-order valence-electron chi connectivity index (χ3n) is 2.02. The van der Waals surface area contributed by atoms with Crippen molar-refractivity contribution in [3.8, 4) is 0 Å². The van der Waals surface area contributed by atoms with E-state index in [1.54, 1.807) is 7.11 Å². The Morgan fingerprint density at radius 3 is 2.44 bits per heavy atom. The first-order valence-electron chi connectivity index (χ1n) is 5.18. The van der Waals surface area contributed by atoms with Crippen LogP contribution in [-0.4, -0.2) is 43.4 Å². The minimum atomic E-state index is -0.578. The first kappa shape index (κ1) is 15.2. The molecule has 16 heavy (non-hydrogen) atoms. The fraction of sp³-hybridized carbons (Fsp3) is 0.800. The lowest BCUT2D eigenvalue weighted by molar-refractivity contribution is -0.127. The Labute approximate surface area is 102 Å². The predicted octanol–water partition coefficient (Wildman–Crippen LogP) is -0.0379. The van der Waals surface area contributed by atoms with Gasteiger partial charge in [0.2, 0.25) is 11.8 Å². The number of carbonyl (C=O) groups excluding carboxylic acids is 2. The predicted molar refractivity (Wildman–Crippen MR) is 65.6 cm³/mol. The molecule has 2 atom stereocenters. The Morgan fingerprint density at radius 1 is 1.38 bits per heavy atom. The van der Waals surface area contributed by atoms with E-state index in [0.717, 1.165) is 6.42 Å². The van der Waals surface area contributed by atoms with Gasteiger partial charge < -0.3 is 15.4 Å². The van der Waals surface area contributed by atoms with Crippen molar-refractivity contribution < 1.29 is 14.3 Å². The number of carbonyl (C=O) groups is 2. The van der Waals surface area contributed by atoms with Crippen LogP contribution in [0.1, 0.15) is 20.3 Å². The van der Waals surface area contributed by atoms with E-state index in [1.165, 1.54) is 6.92 Å². The zero-order valence-corrected chi connectivity index (χ0v) is 10.8. The van der Waals surface area contributed by atoms with Gasteiger partial charge in [-0.25, -0.2) is 0 Å². The number of ether oxygens (including phenoxy) is 1. The standard InChI is InChI=1S/C10H20N2O3S/c1-7(4-5-15-3)11-10(14)9(6-16)12-8(2)13/h7,9,16H,4-6H2,1-3H3,(H,11,14)(H,12,13). The molecule has 0 saturated heterocycles. The Balaban J connectivity index is 4.04.